The van der Waals surface area contributed by atoms with Gasteiger partial charge < -0.3 is 9.64 Å². The molecule has 1 heterocycles. The fraction of sp³-hybridized carbons (Fsp3) is 0.364. The molecule has 0 N–H and O–H groups in total. The van der Waals surface area contributed by atoms with Crippen molar-refractivity contribution in [2.24, 2.45) is 0 Å². The molecule has 6 nitrogen and oxygen atoms in total. The maximum Gasteiger partial charge on any atom is 0.227 e. The third-order valence-electron chi connectivity index (χ3n) is 4.97. The van der Waals surface area contributed by atoms with Gasteiger partial charge in [0.1, 0.15) is 5.75 Å². The Morgan fingerprint density at radius 3 is 2.34 bits per heavy atom. The number of benzene rings is 2. The number of ether oxygens (including phenoxy) is 1. The van der Waals surface area contributed by atoms with Crippen molar-refractivity contribution in [3.63, 3.8) is 0 Å². The normalized spacial score (nSPS) is 17.6. The van der Waals surface area contributed by atoms with Gasteiger partial charge in [-0.05, 0) is 43.2 Å². The van der Waals surface area contributed by atoms with Crippen molar-refractivity contribution in [2.45, 2.75) is 25.8 Å². The number of Topliss-reactive ketones (excluding diaryl/α,β-unsaturated/α-hetero) is 1. The van der Waals surface area contributed by atoms with Crippen molar-refractivity contribution < 1.29 is 22.7 Å². The molecule has 0 aliphatic carbocycles. The van der Waals surface area contributed by atoms with Crippen LogP contribution in [0.3, 0.4) is 0 Å². The number of sulfone groups is 1. The van der Waals surface area contributed by atoms with E-state index >= 15 is 0 Å². The summed E-state index contributed by atoms with van der Waals surface area (Å²) in [5.41, 5.74) is 1.30. The molecule has 154 valence electrons. The first-order chi connectivity index (χ1) is 13.9. The Bertz CT molecular complexity index is 954. The second-order valence-corrected chi connectivity index (χ2v) is 9.35. The van der Waals surface area contributed by atoms with Gasteiger partial charge in [0.25, 0.3) is 0 Å². The average molecular weight is 416 g/mol. The standard InChI is InChI=1S/C22H25NO5S/c1-2-28-20-10-8-18(9-11-20)21(24)15-23(19-12-13-29(26,27)16-19)22(25)14-17-6-4-3-5-7-17/h3-11,19H,2,12-16H2,1H3. The Kier molecular flexibility index (Phi) is 6.69. The third-order valence-corrected chi connectivity index (χ3v) is 6.72. The van der Waals surface area contributed by atoms with E-state index < -0.39 is 15.9 Å². The fourth-order valence-corrected chi connectivity index (χ4v) is 5.19. The molecule has 1 aliphatic heterocycles. The molecular weight excluding hydrogens is 390 g/mol. The molecule has 2 aromatic rings. The van der Waals surface area contributed by atoms with Crippen LogP contribution in [0.1, 0.15) is 29.3 Å². The highest BCUT2D eigenvalue weighted by molar-refractivity contribution is 7.91. The molecule has 1 fully saturated rings. The molecule has 0 bridgehead atoms. The number of carbonyl (C=O) groups is 2. The molecule has 1 unspecified atom stereocenters. The van der Waals surface area contributed by atoms with Gasteiger partial charge in [-0.3, -0.25) is 9.59 Å². The van der Waals surface area contributed by atoms with Crippen LogP contribution in [0.5, 0.6) is 5.75 Å². The monoisotopic (exact) mass is 415 g/mol. The summed E-state index contributed by atoms with van der Waals surface area (Å²) in [7, 11) is -3.18. The van der Waals surface area contributed by atoms with E-state index in [4.69, 9.17) is 4.74 Å². The van der Waals surface area contributed by atoms with Gasteiger partial charge in [-0.15, -0.1) is 0 Å². The smallest absolute Gasteiger partial charge is 0.227 e. The maximum atomic E-state index is 13.0. The summed E-state index contributed by atoms with van der Waals surface area (Å²) in [5.74, 6) is 0.160. The van der Waals surface area contributed by atoms with E-state index in [0.717, 1.165) is 5.56 Å². The summed E-state index contributed by atoms with van der Waals surface area (Å²) in [4.78, 5) is 27.2. The second-order valence-electron chi connectivity index (χ2n) is 7.12. The molecule has 1 amide bonds. The predicted molar refractivity (Wildman–Crippen MR) is 111 cm³/mol. The van der Waals surface area contributed by atoms with E-state index in [1.165, 1.54) is 4.90 Å². The molecule has 3 rings (SSSR count). The summed E-state index contributed by atoms with van der Waals surface area (Å²) < 4.78 is 29.3. The van der Waals surface area contributed by atoms with Crippen molar-refractivity contribution in [1.29, 1.82) is 0 Å². The summed E-state index contributed by atoms with van der Waals surface area (Å²) in [6.07, 6.45) is 0.493. The van der Waals surface area contributed by atoms with Gasteiger partial charge in [0.05, 0.1) is 31.1 Å². The lowest BCUT2D eigenvalue weighted by Crippen LogP contribution is -2.45. The number of carbonyl (C=O) groups excluding carboxylic acids is 2. The zero-order valence-corrected chi connectivity index (χ0v) is 17.2. The molecule has 0 aromatic heterocycles. The van der Waals surface area contributed by atoms with E-state index in [9.17, 15) is 18.0 Å². The van der Waals surface area contributed by atoms with Crippen LogP contribution in [0, 0.1) is 0 Å². The van der Waals surface area contributed by atoms with Crippen LogP contribution in [0.15, 0.2) is 54.6 Å². The summed E-state index contributed by atoms with van der Waals surface area (Å²) in [5, 5.41) is 0. The lowest BCUT2D eigenvalue weighted by Gasteiger charge is -2.28. The Labute approximate surface area is 171 Å². The molecule has 7 heteroatoms. The molecule has 1 atom stereocenters. The quantitative estimate of drug-likeness (QED) is 0.619. The van der Waals surface area contributed by atoms with Crippen molar-refractivity contribution >= 4 is 21.5 Å². The van der Waals surface area contributed by atoms with Gasteiger partial charge in [-0.1, -0.05) is 30.3 Å². The number of hydrogen-bond acceptors (Lipinski definition) is 5. The molecule has 1 aliphatic rings. The lowest BCUT2D eigenvalue weighted by atomic mass is 10.1. The minimum Gasteiger partial charge on any atom is -0.494 e. The van der Waals surface area contributed by atoms with Crippen LogP contribution >= 0.6 is 0 Å². The van der Waals surface area contributed by atoms with E-state index in [1.807, 2.05) is 37.3 Å². The first kappa shape index (κ1) is 21.0. The summed E-state index contributed by atoms with van der Waals surface area (Å²) >= 11 is 0. The Hall–Kier alpha value is -2.67. The first-order valence-corrected chi connectivity index (χ1v) is 11.5. The molecule has 2 aromatic carbocycles. The van der Waals surface area contributed by atoms with Crippen LogP contribution in [0.4, 0.5) is 0 Å². The molecule has 29 heavy (non-hydrogen) atoms. The van der Waals surface area contributed by atoms with Gasteiger partial charge in [-0.25, -0.2) is 8.42 Å². The van der Waals surface area contributed by atoms with Crippen LogP contribution in [0.25, 0.3) is 0 Å². The van der Waals surface area contributed by atoms with Crippen molar-refractivity contribution in [3.8, 4) is 5.75 Å². The highest BCUT2D eigenvalue weighted by Crippen LogP contribution is 2.20. The van der Waals surface area contributed by atoms with Crippen LogP contribution < -0.4 is 4.74 Å². The zero-order valence-electron chi connectivity index (χ0n) is 16.4. The van der Waals surface area contributed by atoms with Crippen molar-refractivity contribution in [3.05, 3.63) is 65.7 Å². The first-order valence-electron chi connectivity index (χ1n) is 9.68. The minimum atomic E-state index is -3.18. The third kappa shape index (κ3) is 5.67. The second kappa shape index (κ2) is 9.22. The van der Waals surface area contributed by atoms with Gasteiger partial charge in [0, 0.05) is 11.6 Å². The minimum absolute atomic E-state index is 0.0457. The molecule has 1 saturated heterocycles. The lowest BCUT2D eigenvalue weighted by molar-refractivity contribution is -0.131. The van der Waals surface area contributed by atoms with Gasteiger partial charge in [-0.2, -0.15) is 0 Å². The summed E-state index contributed by atoms with van der Waals surface area (Å²) in [6, 6.07) is 15.5. The van der Waals surface area contributed by atoms with Crippen LogP contribution in [0.2, 0.25) is 0 Å². The number of hydrogen-bond donors (Lipinski definition) is 0. The van der Waals surface area contributed by atoms with Crippen LogP contribution in [-0.2, 0) is 21.1 Å². The number of rotatable bonds is 8. The molecule has 0 radical (unpaired) electrons. The largest absolute Gasteiger partial charge is 0.494 e. The van der Waals surface area contributed by atoms with Gasteiger partial charge in [0.2, 0.25) is 5.91 Å². The predicted octanol–water partition coefficient (Wildman–Crippen LogP) is 2.53. The maximum absolute atomic E-state index is 13.0. The Balaban J connectivity index is 1.77. The van der Waals surface area contributed by atoms with E-state index in [1.54, 1.807) is 24.3 Å². The topological polar surface area (TPSA) is 80.8 Å². The number of ketones is 1. The van der Waals surface area contributed by atoms with Gasteiger partial charge >= 0.3 is 0 Å². The van der Waals surface area contributed by atoms with E-state index in [0.29, 0.717) is 24.3 Å². The number of amides is 1. The molecule has 0 saturated carbocycles. The summed E-state index contributed by atoms with van der Waals surface area (Å²) in [6.45, 7) is 2.27. The van der Waals surface area contributed by atoms with Crippen molar-refractivity contribution in [2.75, 3.05) is 24.7 Å². The highest BCUT2D eigenvalue weighted by atomic mass is 32.2. The zero-order chi connectivity index (χ0) is 20.9. The molecular formula is C22H25NO5S. The highest BCUT2D eigenvalue weighted by Gasteiger charge is 2.35. The van der Waals surface area contributed by atoms with Crippen LogP contribution in [-0.4, -0.2) is 55.7 Å². The number of nitrogens with zero attached hydrogens (tertiary/aromatic N) is 1. The SMILES string of the molecule is CCOc1ccc(C(=O)CN(C(=O)Cc2ccccc2)C2CCS(=O)(=O)C2)cc1. The van der Waals surface area contributed by atoms with Gasteiger partial charge in [0.15, 0.2) is 15.6 Å². The van der Waals surface area contributed by atoms with Crippen molar-refractivity contribution in [1.82, 2.24) is 4.90 Å². The molecule has 0 spiro atoms. The Morgan fingerprint density at radius 2 is 1.76 bits per heavy atom. The van der Waals surface area contributed by atoms with E-state index in [-0.39, 0.29) is 36.2 Å². The fourth-order valence-electron chi connectivity index (χ4n) is 3.46. The average Bonchev–Trinajstić information content (AvgIpc) is 3.07. The van der Waals surface area contributed by atoms with E-state index in [2.05, 4.69) is 0 Å². The Morgan fingerprint density at radius 1 is 1.07 bits per heavy atom.